The molecule has 6 heterocycles. The van der Waals surface area contributed by atoms with Gasteiger partial charge in [-0.1, -0.05) is 85.8 Å². The lowest BCUT2D eigenvalue weighted by Crippen LogP contribution is -2.55. The smallest absolute Gasteiger partial charge is 0.260 e. The Morgan fingerprint density at radius 3 is 2.06 bits per heavy atom. The lowest BCUT2D eigenvalue weighted by molar-refractivity contribution is -0.132. The number of amides is 8. The largest absolute Gasteiger partial charge is 0.497 e. The fraction of sp³-hybridized carbons (Fsp3) is 0.415. The van der Waals surface area contributed by atoms with Crippen molar-refractivity contribution in [2.75, 3.05) is 87.9 Å². The van der Waals surface area contributed by atoms with E-state index in [1.165, 1.54) is 14.0 Å². The van der Waals surface area contributed by atoms with E-state index in [0.29, 0.717) is 115 Å². The minimum absolute atomic E-state index is 0.0189. The van der Waals surface area contributed by atoms with Crippen LogP contribution in [-0.2, 0) is 46.7 Å². The maximum Gasteiger partial charge on any atom is 0.260 e. The zero-order valence-electron chi connectivity index (χ0n) is 63.2. The van der Waals surface area contributed by atoms with Crippen LogP contribution < -0.4 is 65.4 Å². The van der Waals surface area contributed by atoms with Crippen LogP contribution in [0.15, 0.2) is 128 Å². The summed E-state index contributed by atoms with van der Waals surface area (Å²) >= 11 is 0. The fourth-order valence-electron chi connectivity index (χ4n) is 14.9. The van der Waals surface area contributed by atoms with Crippen molar-refractivity contribution < 1.29 is 71.9 Å². The van der Waals surface area contributed by atoms with Crippen molar-refractivity contribution in [3.05, 3.63) is 155 Å². The summed E-state index contributed by atoms with van der Waals surface area (Å²) in [6.45, 7) is 10.1. The number of carbonyl (C=O) groups is 8. The van der Waals surface area contributed by atoms with E-state index in [4.69, 9.17) is 28.4 Å². The highest BCUT2D eigenvalue weighted by molar-refractivity contribution is 6.05. The second kappa shape index (κ2) is 33.5. The minimum Gasteiger partial charge on any atom is -0.497 e. The Bertz CT molecular complexity index is 4650. The average molecular weight is 1500 g/mol. The number of aliphatic hydroxyl groups excluding tert-OH is 1. The van der Waals surface area contributed by atoms with E-state index in [0.717, 1.165) is 64.1 Å². The molecule has 1 aliphatic carbocycles. The number of hydrogen-bond donors (Lipinski definition) is 7. The third-order valence-electron chi connectivity index (χ3n) is 21.2. The molecule has 28 heteroatoms. The van der Waals surface area contributed by atoms with Gasteiger partial charge in [-0.15, -0.1) is 5.10 Å². The van der Waals surface area contributed by atoms with E-state index >= 15 is 0 Å². The monoisotopic (exact) mass is 1500 g/mol. The Balaban J connectivity index is 0.549. The predicted octanol–water partition coefficient (Wildman–Crippen LogP) is 8.98. The van der Waals surface area contributed by atoms with Gasteiger partial charge in [0.2, 0.25) is 35.4 Å². The van der Waals surface area contributed by atoms with Crippen LogP contribution >= 0.6 is 0 Å². The van der Waals surface area contributed by atoms with Crippen molar-refractivity contribution in [1.82, 2.24) is 46.1 Å². The molecule has 0 bridgehead atoms. The third kappa shape index (κ3) is 16.8. The number of unbranched alkanes of at least 4 members (excludes halogenated alkanes) is 2. The van der Waals surface area contributed by atoms with Gasteiger partial charge >= 0.3 is 0 Å². The highest BCUT2D eigenvalue weighted by Crippen LogP contribution is 2.57. The molecule has 8 amide bonds. The van der Waals surface area contributed by atoms with Crippen molar-refractivity contribution in [3.8, 4) is 51.3 Å². The van der Waals surface area contributed by atoms with E-state index in [1.54, 1.807) is 90.1 Å². The van der Waals surface area contributed by atoms with Crippen LogP contribution in [0.5, 0.6) is 28.7 Å². The van der Waals surface area contributed by atoms with Crippen molar-refractivity contribution in [3.63, 3.8) is 0 Å². The van der Waals surface area contributed by atoms with Gasteiger partial charge in [0.1, 0.15) is 36.5 Å². The number of benzene rings is 6. The van der Waals surface area contributed by atoms with Crippen LogP contribution in [0.25, 0.3) is 28.1 Å². The van der Waals surface area contributed by atoms with Gasteiger partial charge in [-0.2, -0.15) is 0 Å². The van der Waals surface area contributed by atoms with Crippen LogP contribution in [0.4, 0.5) is 22.7 Å². The summed E-state index contributed by atoms with van der Waals surface area (Å²) < 4.78 is 37.8. The Morgan fingerprint density at radius 2 is 1.36 bits per heavy atom. The Kier molecular flexibility index (Phi) is 23.4. The normalized spacial score (nSPS) is 17.5. The summed E-state index contributed by atoms with van der Waals surface area (Å²) in [5, 5.41) is 37.9. The molecule has 1 saturated heterocycles. The number of aromatic nitrogens is 3. The Labute approximate surface area is 638 Å². The Hall–Kier alpha value is -11.5. The summed E-state index contributed by atoms with van der Waals surface area (Å²) in [6, 6.07) is 34.3. The molecule has 5 atom stereocenters. The third-order valence-corrected chi connectivity index (χ3v) is 21.2. The van der Waals surface area contributed by atoms with E-state index in [2.05, 4.69) is 42.2 Å². The molecule has 1 aromatic heterocycles. The van der Waals surface area contributed by atoms with Crippen LogP contribution in [-0.4, -0.2) is 175 Å². The number of fused-ring (bicyclic) bond motifs is 9. The van der Waals surface area contributed by atoms with E-state index in [1.807, 2.05) is 104 Å². The molecular weight excluding hydrogens is 1410 g/mol. The molecule has 2 fully saturated rings. The predicted molar refractivity (Wildman–Crippen MR) is 411 cm³/mol. The molecule has 1 saturated carbocycles. The molecule has 0 radical (unpaired) electrons. The molecule has 578 valence electrons. The first-order valence-electron chi connectivity index (χ1n) is 37.5. The maximum atomic E-state index is 14.5. The zero-order chi connectivity index (χ0) is 77.5. The first-order valence-corrected chi connectivity index (χ1v) is 37.5. The fourth-order valence-corrected chi connectivity index (χ4v) is 14.9. The van der Waals surface area contributed by atoms with Gasteiger partial charge in [-0.25, -0.2) is 4.68 Å². The van der Waals surface area contributed by atoms with Gasteiger partial charge in [0.15, 0.2) is 23.0 Å². The number of anilines is 4. The number of nitrogens with zero attached hydrogens (tertiary/aromatic N) is 7. The molecule has 5 aliphatic heterocycles. The molecule has 6 aromatic carbocycles. The summed E-state index contributed by atoms with van der Waals surface area (Å²) in [7, 11) is 4.71. The van der Waals surface area contributed by atoms with Crippen LogP contribution in [0.1, 0.15) is 136 Å². The quantitative estimate of drug-likeness (QED) is 0.0206. The summed E-state index contributed by atoms with van der Waals surface area (Å²) in [4.78, 5) is 116. The van der Waals surface area contributed by atoms with Crippen molar-refractivity contribution >= 4 is 75.6 Å². The summed E-state index contributed by atoms with van der Waals surface area (Å²) in [5.41, 5.74) is 9.87. The maximum absolute atomic E-state index is 14.5. The van der Waals surface area contributed by atoms with Crippen LogP contribution in [0.2, 0.25) is 0 Å². The number of carbonyl (C=O) groups excluding carboxylic acids is 8. The Morgan fingerprint density at radius 1 is 0.682 bits per heavy atom. The number of aliphatic hydroxyl groups is 1. The van der Waals surface area contributed by atoms with Crippen molar-refractivity contribution in [1.29, 1.82) is 0 Å². The number of nitrogens with one attached hydrogen (secondary N) is 6. The lowest BCUT2D eigenvalue weighted by Gasteiger charge is -2.33. The number of methoxy groups -OCH3 is 3. The molecule has 13 rings (SSSR count). The van der Waals surface area contributed by atoms with Crippen molar-refractivity contribution in [2.45, 2.75) is 142 Å². The SMILES string of the molecule is COc1ccc(C2=CN3C(=O)c4cc(OC)c(OCCCCCOc5cc6c(cc5OC)C(=O)N5CC7(CC7)C[C@H]5[C@H](O)N6COCc5ccc(NC(=O)[C@H](C)NC(=O)[C@@H](NC(=O)CNC(=O)CNC(=O)CCC(=O)N6Cc7ccccc7-c7c(nnn7C(C)C)-c7ccccc76)C(C)C)cc5)cc4NC[C@@H]3C2)cc1. The molecule has 28 nitrogen and oxygen atoms in total. The second-order valence-electron chi connectivity index (χ2n) is 29.5. The zero-order valence-corrected chi connectivity index (χ0v) is 63.2. The van der Waals surface area contributed by atoms with E-state index in [9.17, 15) is 43.5 Å². The highest BCUT2D eigenvalue weighted by atomic mass is 16.5. The van der Waals surface area contributed by atoms with Gasteiger partial charge in [-0.05, 0) is 142 Å². The average Bonchev–Trinajstić information content (AvgIpc) is 1.56. The summed E-state index contributed by atoms with van der Waals surface area (Å²) in [5.74, 6) is -1.61. The first kappa shape index (κ1) is 76.7. The molecule has 7 N–H and O–H groups in total. The number of rotatable bonds is 30. The number of ether oxygens (including phenoxy) is 6. The van der Waals surface area contributed by atoms with Gasteiger partial charge in [0.25, 0.3) is 11.8 Å². The number of para-hydroxylation sites is 1. The second-order valence-corrected chi connectivity index (χ2v) is 29.5. The van der Waals surface area contributed by atoms with Gasteiger partial charge in [0.05, 0.1) is 107 Å². The lowest BCUT2D eigenvalue weighted by atomic mass is 9.95. The molecule has 7 aromatic rings. The summed E-state index contributed by atoms with van der Waals surface area (Å²) in [6.07, 6.45) is 5.87. The molecule has 1 spiro atoms. The number of hydrogen-bond acceptors (Lipinski definition) is 19. The van der Waals surface area contributed by atoms with Crippen molar-refractivity contribution in [2.24, 2.45) is 11.3 Å². The van der Waals surface area contributed by atoms with Crippen LogP contribution in [0.3, 0.4) is 0 Å². The van der Waals surface area contributed by atoms with Gasteiger partial charge in [-0.3, -0.25) is 38.4 Å². The molecule has 6 aliphatic rings. The molecule has 110 heavy (non-hydrogen) atoms. The topological polar surface area (TPSA) is 328 Å². The van der Waals surface area contributed by atoms with Crippen LogP contribution in [0, 0.1) is 11.3 Å². The minimum atomic E-state index is -1.11. The first-order chi connectivity index (χ1) is 53.1. The van der Waals surface area contributed by atoms with Gasteiger partial charge < -0.3 is 85.0 Å². The highest BCUT2D eigenvalue weighted by Gasteiger charge is 2.57. The molecular formula is C82H95N13O15. The standard InChI is InChI=1S/C82H95N13O15/c1-48(2)74(88-72(98)42-85-71(97)41-84-70(96)28-29-73(99)92-43-53-16-10-11-17-58(53)76-75(89-90-95(76)49(3)4)59-18-12-13-19-63(59)92)78(101)86-50(5)77(100)87-55-24-20-51(21-25-55)45-108-47-94-64-38-69(67(107-8)36-61(64)80(103)93-46-82(30-31-82)39-65(93)81(94)104)110-33-15-9-14-32-109-68-37-62-60(35-66(68)106-7)79(102)91-44-54(34-56(91)40-83-62)52-22-26-57(105-6)27-23-52/h10-13,16-27,35-38,44,48-50,56,65,74,81,83,104H,9,14-15,28-34,39-43,45-47H2,1-8H3,(H,84,96)(H,85,97)(H,86,101)(H,87,100)(H,88,98)/t50-,56-,65-,74-,81-/m0/s1. The van der Waals surface area contributed by atoms with E-state index < -0.39 is 72.9 Å². The van der Waals surface area contributed by atoms with Gasteiger partial charge in [0, 0.05) is 67.1 Å². The van der Waals surface area contributed by atoms with E-state index in [-0.39, 0.29) is 67.9 Å². The molecule has 0 unspecified atom stereocenters.